The van der Waals surface area contributed by atoms with E-state index in [1.165, 1.54) is 22.8 Å². The van der Waals surface area contributed by atoms with Crippen molar-refractivity contribution in [3.05, 3.63) is 54.1 Å². The lowest BCUT2D eigenvalue weighted by Gasteiger charge is -2.08. The molecule has 0 aliphatic heterocycles. The first-order valence-corrected chi connectivity index (χ1v) is 7.03. The van der Waals surface area contributed by atoms with Crippen LogP contribution in [0.1, 0.15) is 5.69 Å². The number of non-ortho nitro benzene ring substituents is 1. The Balaban J connectivity index is 2.18. The molecule has 7 nitrogen and oxygen atoms in total. The molecular weight excluding hydrogens is 318 g/mol. The zero-order chi connectivity index (χ0) is 15.6. The van der Waals surface area contributed by atoms with Crippen molar-refractivity contribution in [2.45, 2.75) is 13.5 Å². The number of amides is 1. The first-order valence-electron chi connectivity index (χ1n) is 5.77. The van der Waals surface area contributed by atoms with Crippen molar-refractivity contribution in [3.8, 4) is 0 Å². The number of hydrogen-bond acceptors (Lipinski definition) is 5. The largest absolute Gasteiger partial charge is 0.323 e. The van der Waals surface area contributed by atoms with Crippen LogP contribution in [-0.4, -0.2) is 15.4 Å². The number of benzene rings is 1. The van der Waals surface area contributed by atoms with Crippen molar-refractivity contribution in [1.82, 2.24) is 4.57 Å². The molecule has 0 saturated heterocycles. The molecule has 0 saturated carbocycles. The fraction of sp³-hybridized carbons (Fsp3) is 0.167. The van der Waals surface area contributed by atoms with Gasteiger partial charge in [0.2, 0.25) is 5.91 Å². The third kappa shape index (κ3) is 3.47. The van der Waals surface area contributed by atoms with Crippen molar-refractivity contribution in [2.24, 2.45) is 0 Å². The van der Waals surface area contributed by atoms with E-state index < -0.39 is 10.8 Å². The van der Waals surface area contributed by atoms with Crippen molar-refractivity contribution >= 4 is 40.2 Å². The molecule has 1 amide bonds. The first-order chi connectivity index (χ1) is 9.88. The van der Waals surface area contributed by atoms with Crippen molar-refractivity contribution in [2.75, 3.05) is 5.32 Å². The number of anilines is 1. The average molecular weight is 328 g/mol. The molecule has 2 aromatic rings. The van der Waals surface area contributed by atoms with Crippen molar-refractivity contribution in [1.29, 1.82) is 0 Å². The smallest absolute Gasteiger partial charge is 0.307 e. The number of hydrogen-bond donors (Lipinski definition) is 1. The normalized spacial score (nSPS) is 10.4. The van der Waals surface area contributed by atoms with Gasteiger partial charge in [-0.1, -0.05) is 22.9 Å². The highest BCUT2D eigenvalue weighted by atomic mass is 35.5. The molecule has 9 heteroatoms. The number of nitro groups is 1. The van der Waals surface area contributed by atoms with Gasteiger partial charge in [-0.05, 0) is 13.0 Å². The van der Waals surface area contributed by atoms with Gasteiger partial charge in [0.05, 0.1) is 15.6 Å². The summed E-state index contributed by atoms with van der Waals surface area (Å²) in [5.41, 5.74) is 0.626. The molecule has 0 aliphatic rings. The molecule has 110 valence electrons. The standard InChI is InChI=1S/C12H10ClN3O4S/c1-7-6-21-12(18)15(7)5-11(17)14-10-4-8(16(19)20)2-3-9(10)13/h2-4,6H,5H2,1H3,(H,14,17). The number of thiazole rings is 1. The number of nitrogens with one attached hydrogen (secondary N) is 1. The van der Waals surface area contributed by atoms with Gasteiger partial charge in [-0.2, -0.15) is 0 Å². The minimum absolute atomic E-state index is 0.136. The van der Waals surface area contributed by atoms with E-state index in [0.717, 1.165) is 11.3 Å². The summed E-state index contributed by atoms with van der Waals surface area (Å²) in [5, 5.41) is 15.0. The molecule has 0 fully saturated rings. The Hall–Kier alpha value is -2.19. The number of nitrogens with zero attached hydrogens (tertiary/aromatic N) is 2. The molecule has 0 aliphatic carbocycles. The van der Waals surface area contributed by atoms with E-state index in [1.807, 2.05) is 0 Å². The maximum absolute atomic E-state index is 11.9. The van der Waals surface area contributed by atoms with E-state index in [2.05, 4.69) is 5.32 Å². The second kappa shape index (κ2) is 6.06. The fourth-order valence-electron chi connectivity index (χ4n) is 1.65. The van der Waals surface area contributed by atoms with E-state index >= 15 is 0 Å². The molecule has 0 unspecified atom stereocenters. The monoisotopic (exact) mass is 327 g/mol. The number of aromatic nitrogens is 1. The Labute approximate surface area is 127 Å². The molecule has 1 aromatic carbocycles. The van der Waals surface area contributed by atoms with Gasteiger partial charge in [0.1, 0.15) is 6.54 Å². The summed E-state index contributed by atoms with van der Waals surface area (Å²) < 4.78 is 1.31. The minimum atomic E-state index is -0.584. The second-order valence-corrected chi connectivity index (χ2v) is 5.43. The Bertz CT molecular complexity index is 768. The Morgan fingerprint density at radius 3 is 2.81 bits per heavy atom. The molecule has 0 bridgehead atoms. The highest BCUT2D eigenvalue weighted by Gasteiger charge is 2.13. The van der Waals surface area contributed by atoms with E-state index in [1.54, 1.807) is 12.3 Å². The summed E-state index contributed by atoms with van der Waals surface area (Å²) in [6.07, 6.45) is 0. The summed E-state index contributed by atoms with van der Waals surface area (Å²) in [7, 11) is 0. The van der Waals surface area contributed by atoms with Gasteiger partial charge in [0.25, 0.3) is 5.69 Å². The highest BCUT2D eigenvalue weighted by Crippen LogP contribution is 2.26. The van der Waals surface area contributed by atoms with E-state index in [-0.39, 0.29) is 27.8 Å². The third-order valence-electron chi connectivity index (χ3n) is 2.71. The van der Waals surface area contributed by atoms with E-state index in [4.69, 9.17) is 11.6 Å². The van der Waals surface area contributed by atoms with Crippen molar-refractivity contribution < 1.29 is 9.72 Å². The fourth-order valence-corrected chi connectivity index (χ4v) is 2.55. The van der Waals surface area contributed by atoms with Crippen LogP contribution in [0.25, 0.3) is 0 Å². The number of aryl methyl sites for hydroxylation is 1. The summed E-state index contributed by atoms with van der Waals surface area (Å²) in [4.78, 5) is 33.3. The molecule has 0 radical (unpaired) electrons. The average Bonchev–Trinajstić information content (AvgIpc) is 2.73. The lowest BCUT2D eigenvalue weighted by Crippen LogP contribution is -2.25. The van der Waals surface area contributed by atoms with Gasteiger partial charge in [-0.3, -0.25) is 24.3 Å². The number of halogens is 1. The van der Waals surface area contributed by atoms with Gasteiger partial charge >= 0.3 is 4.87 Å². The number of carbonyl (C=O) groups is 1. The Morgan fingerprint density at radius 2 is 2.24 bits per heavy atom. The SMILES string of the molecule is Cc1csc(=O)n1CC(=O)Nc1cc([N+](=O)[O-])ccc1Cl. The first kappa shape index (κ1) is 15.2. The van der Waals surface area contributed by atoms with Crippen LogP contribution < -0.4 is 10.2 Å². The summed E-state index contributed by atoms with van der Waals surface area (Å²) in [6, 6.07) is 3.74. The van der Waals surface area contributed by atoms with E-state index in [9.17, 15) is 19.7 Å². The van der Waals surface area contributed by atoms with Crippen LogP contribution in [0.15, 0.2) is 28.4 Å². The summed E-state index contributed by atoms with van der Waals surface area (Å²) in [5.74, 6) is -0.485. The molecule has 1 N–H and O–H groups in total. The summed E-state index contributed by atoms with van der Waals surface area (Å²) >= 11 is 6.89. The highest BCUT2D eigenvalue weighted by molar-refractivity contribution is 7.07. The lowest BCUT2D eigenvalue weighted by atomic mass is 10.2. The molecule has 1 aromatic heterocycles. The van der Waals surface area contributed by atoms with E-state index in [0.29, 0.717) is 5.69 Å². The Morgan fingerprint density at radius 1 is 1.52 bits per heavy atom. The van der Waals surface area contributed by atoms with Gasteiger partial charge in [-0.25, -0.2) is 0 Å². The topological polar surface area (TPSA) is 94.2 Å². The molecule has 21 heavy (non-hydrogen) atoms. The van der Waals surface area contributed by atoms with Crippen LogP contribution in [0.4, 0.5) is 11.4 Å². The maximum atomic E-state index is 11.9. The Kier molecular flexibility index (Phi) is 4.39. The minimum Gasteiger partial charge on any atom is -0.323 e. The van der Waals surface area contributed by atoms with Gasteiger partial charge < -0.3 is 5.32 Å². The number of nitro benzene ring substituents is 1. The molecule has 2 rings (SSSR count). The second-order valence-electron chi connectivity index (χ2n) is 4.20. The lowest BCUT2D eigenvalue weighted by molar-refractivity contribution is -0.384. The van der Waals surface area contributed by atoms with Crippen LogP contribution in [-0.2, 0) is 11.3 Å². The van der Waals surface area contributed by atoms with Crippen molar-refractivity contribution in [3.63, 3.8) is 0 Å². The molecule has 0 spiro atoms. The molecular formula is C12H10ClN3O4S. The number of rotatable bonds is 4. The zero-order valence-corrected chi connectivity index (χ0v) is 12.4. The summed E-state index contributed by atoms with van der Waals surface area (Å²) in [6.45, 7) is 1.54. The molecule has 1 heterocycles. The maximum Gasteiger partial charge on any atom is 0.307 e. The van der Waals surface area contributed by atoms with Gasteiger partial charge in [0, 0.05) is 23.2 Å². The predicted molar refractivity (Wildman–Crippen MR) is 80.1 cm³/mol. The quantitative estimate of drug-likeness (QED) is 0.689. The van der Waals surface area contributed by atoms with Gasteiger partial charge in [0.15, 0.2) is 0 Å². The van der Waals surface area contributed by atoms with Crippen LogP contribution in [0.5, 0.6) is 0 Å². The third-order valence-corrected chi connectivity index (χ3v) is 3.92. The van der Waals surface area contributed by atoms with Crippen LogP contribution >= 0.6 is 22.9 Å². The predicted octanol–water partition coefficient (Wildman–Crippen LogP) is 2.42. The number of carbonyl (C=O) groups excluding carboxylic acids is 1. The van der Waals surface area contributed by atoms with Crippen LogP contribution in [0.2, 0.25) is 5.02 Å². The van der Waals surface area contributed by atoms with Crippen LogP contribution in [0, 0.1) is 17.0 Å². The zero-order valence-electron chi connectivity index (χ0n) is 10.8. The molecule has 0 atom stereocenters. The van der Waals surface area contributed by atoms with Crippen LogP contribution in [0.3, 0.4) is 0 Å². The van der Waals surface area contributed by atoms with Gasteiger partial charge in [-0.15, -0.1) is 0 Å².